The van der Waals surface area contributed by atoms with Crippen molar-refractivity contribution in [3.8, 4) is 0 Å². The van der Waals surface area contributed by atoms with Crippen molar-refractivity contribution in [1.29, 1.82) is 0 Å². The van der Waals surface area contributed by atoms with Crippen LogP contribution in [0.15, 0.2) is 24.3 Å². The molecule has 0 radical (unpaired) electrons. The lowest BCUT2D eigenvalue weighted by Gasteiger charge is -2.10. The average molecular weight is 475 g/mol. The third-order valence-corrected chi connectivity index (χ3v) is 6.26. The maximum atomic E-state index is 12.5. The lowest BCUT2D eigenvalue weighted by atomic mass is 10.0. The summed E-state index contributed by atoms with van der Waals surface area (Å²) < 4.78 is 10.9. The molecule has 0 aliphatic rings. The first kappa shape index (κ1) is 30.2. The summed E-state index contributed by atoms with van der Waals surface area (Å²) in [7, 11) is 0. The van der Waals surface area contributed by atoms with Gasteiger partial charge in [-0.1, -0.05) is 123 Å². The highest BCUT2D eigenvalue weighted by Crippen LogP contribution is 2.15. The van der Waals surface area contributed by atoms with Gasteiger partial charge in [-0.2, -0.15) is 0 Å². The van der Waals surface area contributed by atoms with Crippen molar-refractivity contribution in [3.63, 3.8) is 0 Å². The fourth-order valence-corrected chi connectivity index (χ4v) is 4.10. The minimum Gasteiger partial charge on any atom is -0.462 e. The Morgan fingerprint density at radius 3 is 1.41 bits per heavy atom. The molecule has 0 heterocycles. The van der Waals surface area contributed by atoms with Gasteiger partial charge in [-0.25, -0.2) is 9.59 Å². The van der Waals surface area contributed by atoms with Gasteiger partial charge >= 0.3 is 11.9 Å². The van der Waals surface area contributed by atoms with Gasteiger partial charge in [-0.15, -0.1) is 0 Å². The molecule has 0 saturated carbocycles. The zero-order valence-electron chi connectivity index (χ0n) is 22.2. The van der Waals surface area contributed by atoms with Crippen LogP contribution in [0, 0.1) is 5.92 Å². The lowest BCUT2D eigenvalue weighted by Crippen LogP contribution is -2.15. The van der Waals surface area contributed by atoms with Gasteiger partial charge in [0.05, 0.1) is 24.3 Å². The predicted molar refractivity (Wildman–Crippen MR) is 141 cm³/mol. The Morgan fingerprint density at radius 2 is 1.00 bits per heavy atom. The highest BCUT2D eigenvalue weighted by molar-refractivity contribution is 6.03. The second-order valence-corrected chi connectivity index (χ2v) is 9.95. The molecule has 0 aliphatic heterocycles. The monoisotopic (exact) mass is 474 g/mol. The van der Waals surface area contributed by atoms with Crippen LogP contribution in [-0.4, -0.2) is 25.2 Å². The largest absolute Gasteiger partial charge is 0.462 e. The third kappa shape index (κ3) is 15.1. The second kappa shape index (κ2) is 20.5. The van der Waals surface area contributed by atoms with E-state index in [2.05, 4.69) is 20.8 Å². The van der Waals surface area contributed by atoms with E-state index in [1.807, 2.05) is 0 Å². The second-order valence-electron chi connectivity index (χ2n) is 9.95. The van der Waals surface area contributed by atoms with E-state index in [9.17, 15) is 9.59 Å². The number of rotatable bonds is 21. The molecular formula is C30H50O4. The van der Waals surface area contributed by atoms with Crippen molar-refractivity contribution in [2.75, 3.05) is 13.2 Å². The molecule has 4 heteroatoms. The summed E-state index contributed by atoms with van der Waals surface area (Å²) in [5.41, 5.74) is 0.598. The standard InChI is InChI=1S/C30H50O4/c1-4-5-6-7-8-9-10-11-14-19-24-33-29(31)27-22-17-18-23-28(27)30(32)34-25-20-15-12-13-16-21-26(2)3/h17-18,22-23,26H,4-16,19-21,24-25H2,1-3H3. The van der Waals surface area contributed by atoms with E-state index >= 15 is 0 Å². The molecule has 0 N–H and O–H groups in total. The van der Waals surface area contributed by atoms with Crippen molar-refractivity contribution in [2.45, 2.75) is 124 Å². The molecule has 0 bridgehead atoms. The highest BCUT2D eigenvalue weighted by atomic mass is 16.5. The minimum atomic E-state index is -0.439. The maximum absolute atomic E-state index is 12.5. The number of benzene rings is 1. The highest BCUT2D eigenvalue weighted by Gasteiger charge is 2.18. The van der Waals surface area contributed by atoms with Crippen LogP contribution >= 0.6 is 0 Å². The number of hydrogen-bond acceptors (Lipinski definition) is 4. The first-order chi connectivity index (χ1) is 16.6. The third-order valence-electron chi connectivity index (χ3n) is 6.26. The van der Waals surface area contributed by atoms with Crippen LogP contribution in [0.2, 0.25) is 0 Å². The number of hydrogen-bond donors (Lipinski definition) is 0. The van der Waals surface area contributed by atoms with Gasteiger partial charge in [0, 0.05) is 0 Å². The van der Waals surface area contributed by atoms with Crippen LogP contribution in [0.25, 0.3) is 0 Å². The van der Waals surface area contributed by atoms with Crippen LogP contribution in [0.1, 0.15) is 144 Å². The number of unbranched alkanes of at least 4 members (excludes halogenated alkanes) is 13. The predicted octanol–water partition coefficient (Wildman–Crippen LogP) is 8.92. The van der Waals surface area contributed by atoms with E-state index in [1.165, 1.54) is 77.0 Å². The molecule has 194 valence electrons. The first-order valence-corrected chi connectivity index (χ1v) is 14.0. The van der Waals surface area contributed by atoms with Gasteiger partial charge in [-0.05, 0) is 30.9 Å². The molecule has 34 heavy (non-hydrogen) atoms. The zero-order chi connectivity index (χ0) is 24.9. The molecule has 0 spiro atoms. The SMILES string of the molecule is CCCCCCCCCCCCOC(=O)c1ccccc1C(=O)OCCCCCCCC(C)C. The number of ether oxygens (including phenoxy) is 2. The van der Waals surface area contributed by atoms with Gasteiger partial charge in [0.2, 0.25) is 0 Å². The van der Waals surface area contributed by atoms with Crippen molar-refractivity contribution in [2.24, 2.45) is 5.92 Å². The fourth-order valence-electron chi connectivity index (χ4n) is 4.10. The molecule has 0 saturated heterocycles. The molecule has 1 aromatic rings. The minimum absolute atomic E-state index is 0.299. The summed E-state index contributed by atoms with van der Waals surface area (Å²) in [6.07, 6.45) is 19.3. The Bertz CT molecular complexity index is 653. The van der Waals surface area contributed by atoms with E-state index < -0.39 is 11.9 Å². The zero-order valence-corrected chi connectivity index (χ0v) is 22.2. The Balaban J connectivity index is 2.20. The van der Waals surface area contributed by atoms with E-state index in [0.717, 1.165) is 31.6 Å². The lowest BCUT2D eigenvalue weighted by molar-refractivity contribution is 0.0450. The summed E-state index contributed by atoms with van der Waals surface area (Å²) in [5, 5.41) is 0. The van der Waals surface area contributed by atoms with Crippen molar-refractivity contribution >= 4 is 11.9 Å². The molecule has 0 atom stereocenters. The molecular weight excluding hydrogens is 424 g/mol. The van der Waals surface area contributed by atoms with Crippen molar-refractivity contribution < 1.29 is 19.1 Å². The van der Waals surface area contributed by atoms with Gasteiger partial charge in [0.15, 0.2) is 0 Å². The van der Waals surface area contributed by atoms with Gasteiger partial charge < -0.3 is 9.47 Å². The van der Waals surface area contributed by atoms with E-state index in [1.54, 1.807) is 24.3 Å². The van der Waals surface area contributed by atoms with Crippen molar-refractivity contribution in [3.05, 3.63) is 35.4 Å². The quantitative estimate of drug-likeness (QED) is 0.132. The van der Waals surface area contributed by atoms with E-state index in [-0.39, 0.29) is 0 Å². The molecule has 0 fully saturated rings. The summed E-state index contributed by atoms with van der Waals surface area (Å²) in [6.45, 7) is 7.55. The number of carbonyl (C=O) groups is 2. The number of carbonyl (C=O) groups excluding carboxylic acids is 2. The van der Waals surface area contributed by atoms with Gasteiger partial charge in [0.1, 0.15) is 0 Å². The summed E-state index contributed by atoms with van der Waals surface area (Å²) in [6, 6.07) is 6.80. The summed E-state index contributed by atoms with van der Waals surface area (Å²) in [4.78, 5) is 25.0. The Morgan fingerprint density at radius 1 is 0.618 bits per heavy atom. The Kier molecular flexibility index (Phi) is 18.2. The maximum Gasteiger partial charge on any atom is 0.339 e. The Hall–Kier alpha value is -1.84. The molecule has 0 aliphatic carbocycles. The number of esters is 2. The van der Waals surface area contributed by atoms with Crippen molar-refractivity contribution in [1.82, 2.24) is 0 Å². The molecule has 0 unspecified atom stereocenters. The fraction of sp³-hybridized carbons (Fsp3) is 0.733. The normalized spacial score (nSPS) is 11.1. The van der Waals surface area contributed by atoms with Gasteiger partial charge in [0.25, 0.3) is 0 Å². The van der Waals surface area contributed by atoms with Crippen LogP contribution in [0.4, 0.5) is 0 Å². The van der Waals surface area contributed by atoms with Gasteiger partial charge in [-0.3, -0.25) is 0 Å². The first-order valence-electron chi connectivity index (χ1n) is 14.0. The molecule has 4 nitrogen and oxygen atoms in total. The molecule has 0 amide bonds. The average Bonchev–Trinajstić information content (AvgIpc) is 2.83. The van der Waals surface area contributed by atoms with E-state index in [4.69, 9.17) is 9.47 Å². The molecule has 1 aromatic carbocycles. The summed E-state index contributed by atoms with van der Waals surface area (Å²) >= 11 is 0. The molecule has 0 aromatic heterocycles. The van der Waals surface area contributed by atoms with Crippen LogP contribution < -0.4 is 0 Å². The molecule has 1 rings (SSSR count). The van der Waals surface area contributed by atoms with Crippen LogP contribution in [-0.2, 0) is 9.47 Å². The topological polar surface area (TPSA) is 52.6 Å². The Labute approximate surface area is 209 Å². The van der Waals surface area contributed by atoms with Crippen LogP contribution in [0.3, 0.4) is 0 Å². The smallest absolute Gasteiger partial charge is 0.339 e. The van der Waals surface area contributed by atoms with Crippen LogP contribution in [0.5, 0.6) is 0 Å². The summed E-state index contributed by atoms with van der Waals surface area (Å²) in [5.74, 6) is -0.109. The van der Waals surface area contributed by atoms with E-state index in [0.29, 0.717) is 24.3 Å².